The Bertz CT molecular complexity index is 2220. The number of benzene rings is 4. The summed E-state index contributed by atoms with van der Waals surface area (Å²) in [5.41, 5.74) is -0.0452. The Balaban J connectivity index is 1.45. The Morgan fingerprint density at radius 3 is 1.82 bits per heavy atom. The highest BCUT2D eigenvalue weighted by atomic mass is 31.1. The Hall–Kier alpha value is -5.23. The summed E-state index contributed by atoms with van der Waals surface area (Å²) in [5, 5.41) is 0. The summed E-state index contributed by atoms with van der Waals surface area (Å²) in [7, 11) is 0.838. The number of hydrogen-bond acceptors (Lipinski definition) is 9. The van der Waals surface area contributed by atoms with Crippen molar-refractivity contribution in [3.05, 3.63) is 164 Å². The molecule has 1 aliphatic heterocycles. The highest BCUT2D eigenvalue weighted by Gasteiger charge is 2.48. The number of carbonyl (C=O) groups is 1. The standard InChI is InChI=1S/C44H49N3O9P/c1-29(2)47(30(3)4)57(51)56-38-26-40(45-27-31(5)41(48)46(43(45)50)42(49)32-14-10-8-11-15-32)55-39(38)28-54-44(33-16-12-9-13-17-33,34-18-22-36(52-6)23-19-34)35-20-24-37(53-7)25-21-35/h8-25,27,29-30,38-40H,26,28H2,1-7H3/q+1/t38-,39+,40+/m0/s1. The molecular weight excluding hydrogens is 745 g/mol. The summed E-state index contributed by atoms with van der Waals surface area (Å²) in [5.74, 6) is 0.581. The average molecular weight is 795 g/mol. The maximum absolute atomic E-state index is 14.1. The fourth-order valence-corrected chi connectivity index (χ4v) is 8.67. The summed E-state index contributed by atoms with van der Waals surface area (Å²) < 4.78 is 48.9. The van der Waals surface area contributed by atoms with Crippen LogP contribution >= 0.6 is 8.18 Å². The van der Waals surface area contributed by atoms with Crippen LogP contribution in [0.3, 0.4) is 0 Å². The van der Waals surface area contributed by atoms with Crippen LogP contribution in [0.15, 0.2) is 125 Å². The largest absolute Gasteiger partial charge is 0.616 e. The second kappa shape index (κ2) is 17.9. The van der Waals surface area contributed by atoms with Crippen LogP contribution in [-0.2, 0) is 24.2 Å². The van der Waals surface area contributed by atoms with Crippen molar-refractivity contribution in [1.82, 2.24) is 13.8 Å². The molecule has 4 aromatic carbocycles. The minimum Gasteiger partial charge on any atom is -0.497 e. The molecule has 1 fully saturated rings. The summed E-state index contributed by atoms with van der Waals surface area (Å²) in [4.78, 5) is 41.0. The van der Waals surface area contributed by atoms with E-state index in [1.54, 1.807) is 49.2 Å². The molecule has 0 amide bonds. The SMILES string of the molecule is COc1ccc(C(OC[C@H]2O[C@@H](n3cc(C)c(=O)n(C(=O)c4ccccc4)c3=O)C[C@@H]2O[P+](=O)N(C(C)C)C(C)C)(c2ccccc2)c2ccc(OC)cc2)cc1. The van der Waals surface area contributed by atoms with Crippen LogP contribution in [0.1, 0.15) is 73.0 Å². The van der Waals surface area contributed by atoms with E-state index in [1.165, 1.54) is 17.7 Å². The predicted octanol–water partition coefficient (Wildman–Crippen LogP) is 7.48. The van der Waals surface area contributed by atoms with Gasteiger partial charge in [-0.1, -0.05) is 77.5 Å². The Kier molecular flexibility index (Phi) is 13.0. The number of methoxy groups -OCH3 is 2. The van der Waals surface area contributed by atoms with Gasteiger partial charge in [0.1, 0.15) is 35.5 Å². The van der Waals surface area contributed by atoms with E-state index in [4.69, 9.17) is 23.5 Å². The molecule has 0 saturated carbocycles. The van der Waals surface area contributed by atoms with E-state index >= 15 is 0 Å². The molecule has 13 heteroatoms. The number of hydrogen-bond donors (Lipinski definition) is 0. The maximum Gasteiger partial charge on any atom is 0.616 e. The quantitative estimate of drug-likeness (QED) is 0.0778. The molecule has 12 nitrogen and oxygen atoms in total. The third-order valence-corrected chi connectivity index (χ3v) is 11.9. The van der Waals surface area contributed by atoms with E-state index < -0.39 is 49.4 Å². The first kappa shape index (κ1) is 41.4. The monoisotopic (exact) mass is 794 g/mol. The summed E-state index contributed by atoms with van der Waals surface area (Å²) in [6.07, 6.45) is -1.25. The van der Waals surface area contributed by atoms with Crippen LogP contribution in [-0.4, -0.2) is 64.8 Å². The highest BCUT2D eigenvalue weighted by Crippen LogP contribution is 2.45. The number of aryl methyl sites for hydroxylation is 1. The van der Waals surface area contributed by atoms with E-state index in [9.17, 15) is 18.9 Å². The van der Waals surface area contributed by atoms with Gasteiger partial charge in [0.15, 0.2) is 0 Å². The van der Waals surface area contributed by atoms with Crippen LogP contribution in [0.4, 0.5) is 0 Å². The van der Waals surface area contributed by atoms with Gasteiger partial charge in [0.25, 0.3) is 11.5 Å². The van der Waals surface area contributed by atoms with Crippen LogP contribution in [0.2, 0.25) is 0 Å². The van der Waals surface area contributed by atoms with E-state index in [1.807, 2.05) is 107 Å². The van der Waals surface area contributed by atoms with Gasteiger partial charge < -0.3 is 18.9 Å². The van der Waals surface area contributed by atoms with Crippen molar-refractivity contribution in [3.8, 4) is 11.5 Å². The number of rotatable bonds is 15. The first-order chi connectivity index (χ1) is 27.4. The molecule has 5 aromatic rings. The molecule has 4 atom stereocenters. The van der Waals surface area contributed by atoms with E-state index in [2.05, 4.69) is 0 Å². The second-order valence-corrected chi connectivity index (χ2v) is 15.6. The lowest BCUT2D eigenvalue weighted by Gasteiger charge is -2.37. The van der Waals surface area contributed by atoms with Gasteiger partial charge in [-0.15, -0.1) is 4.52 Å². The molecule has 0 N–H and O–H groups in total. The van der Waals surface area contributed by atoms with E-state index in [-0.39, 0.29) is 36.2 Å². The van der Waals surface area contributed by atoms with Crippen LogP contribution in [0, 0.1) is 6.92 Å². The molecule has 0 spiro atoms. The van der Waals surface area contributed by atoms with Crippen LogP contribution in [0.25, 0.3) is 0 Å². The zero-order valence-electron chi connectivity index (χ0n) is 33.2. The number of nitrogens with zero attached hydrogens (tertiary/aromatic N) is 3. The summed E-state index contributed by atoms with van der Waals surface area (Å²) in [6.45, 7) is 9.22. The zero-order valence-corrected chi connectivity index (χ0v) is 34.1. The van der Waals surface area contributed by atoms with Crippen molar-refractivity contribution >= 4 is 14.1 Å². The highest BCUT2D eigenvalue weighted by molar-refractivity contribution is 7.36. The molecule has 1 saturated heterocycles. The van der Waals surface area contributed by atoms with E-state index in [0.717, 1.165) is 16.7 Å². The fourth-order valence-electron chi connectivity index (χ4n) is 7.35. The van der Waals surface area contributed by atoms with Crippen LogP contribution in [0.5, 0.6) is 11.5 Å². The van der Waals surface area contributed by atoms with Crippen molar-refractivity contribution in [2.24, 2.45) is 0 Å². The van der Waals surface area contributed by atoms with Gasteiger partial charge in [-0.2, -0.15) is 4.57 Å². The number of aromatic nitrogens is 2. The Labute approximate surface area is 333 Å². The zero-order chi connectivity index (χ0) is 40.9. The first-order valence-electron chi connectivity index (χ1n) is 18.9. The molecule has 2 heterocycles. The molecule has 298 valence electrons. The van der Waals surface area contributed by atoms with Crippen molar-refractivity contribution in [3.63, 3.8) is 0 Å². The first-order valence-corrected chi connectivity index (χ1v) is 20.0. The third-order valence-electron chi connectivity index (χ3n) is 10.1. The van der Waals surface area contributed by atoms with Crippen molar-refractivity contribution in [1.29, 1.82) is 0 Å². The molecule has 0 aliphatic carbocycles. The second-order valence-electron chi connectivity index (χ2n) is 14.4. The molecule has 0 radical (unpaired) electrons. The van der Waals surface area contributed by atoms with Gasteiger partial charge in [0, 0.05) is 23.7 Å². The Morgan fingerprint density at radius 1 is 0.807 bits per heavy atom. The average Bonchev–Trinajstić information content (AvgIpc) is 3.62. The van der Waals surface area contributed by atoms with E-state index in [0.29, 0.717) is 16.1 Å². The molecule has 1 aliphatic rings. The van der Waals surface area contributed by atoms with Gasteiger partial charge in [-0.25, -0.2) is 4.79 Å². The molecule has 6 rings (SSSR count). The van der Waals surface area contributed by atoms with Crippen LogP contribution < -0.4 is 20.7 Å². The smallest absolute Gasteiger partial charge is 0.497 e. The van der Waals surface area contributed by atoms with Gasteiger partial charge in [-0.05, 0) is 92.3 Å². The molecule has 1 aromatic heterocycles. The minimum absolute atomic E-state index is 0.0691. The fraction of sp³-hybridized carbons (Fsp3) is 0.341. The van der Waals surface area contributed by atoms with Crippen molar-refractivity contribution in [2.45, 2.75) is 77.2 Å². The van der Waals surface area contributed by atoms with Gasteiger partial charge in [0.2, 0.25) is 0 Å². The van der Waals surface area contributed by atoms with Crippen molar-refractivity contribution in [2.75, 3.05) is 20.8 Å². The summed E-state index contributed by atoms with van der Waals surface area (Å²) in [6, 6.07) is 32.9. The van der Waals surface area contributed by atoms with Gasteiger partial charge in [-0.3, -0.25) is 14.2 Å². The number of carbonyl (C=O) groups excluding carboxylic acids is 1. The third kappa shape index (κ3) is 8.56. The minimum atomic E-state index is -2.37. The summed E-state index contributed by atoms with van der Waals surface area (Å²) >= 11 is 0. The molecule has 1 unspecified atom stereocenters. The lowest BCUT2D eigenvalue weighted by molar-refractivity contribution is -0.0918. The van der Waals surface area contributed by atoms with Gasteiger partial charge in [0.05, 0.1) is 32.9 Å². The molecule has 0 bridgehead atoms. The lowest BCUT2D eigenvalue weighted by Crippen LogP contribution is -2.45. The molecule has 57 heavy (non-hydrogen) atoms. The Morgan fingerprint density at radius 2 is 1.32 bits per heavy atom. The maximum atomic E-state index is 14.1. The van der Waals surface area contributed by atoms with Crippen molar-refractivity contribution < 1.29 is 32.8 Å². The normalized spacial score (nSPS) is 17.3. The number of ether oxygens (including phenoxy) is 4. The molecular formula is C44H49N3O9P+. The lowest BCUT2D eigenvalue weighted by atomic mass is 9.80. The predicted molar refractivity (Wildman–Crippen MR) is 217 cm³/mol. The van der Waals surface area contributed by atoms with Gasteiger partial charge >= 0.3 is 13.9 Å². The topological polar surface area (TPSA) is 128 Å².